The molecule has 20 N–H and O–H groups in total. The molecule has 0 bridgehead atoms. The Balaban J connectivity index is 0.791. The number of hydrogen-bond donors (Lipinski definition) is 20. The van der Waals surface area contributed by atoms with Crippen LogP contribution in [0.4, 0.5) is 0 Å². The lowest BCUT2D eigenvalue weighted by Crippen LogP contribution is -2.69. The van der Waals surface area contributed by atoms with Crippen LogP contribution < -0.4 is 0 Å². The van der Waals surface area contributed by atoms with Gasteiger partial charge in [-0.05, 0) is 111 Å². The number of carbonyl (C=O) groups excluding carboxylic acids is 4. The summed E-state index contributed by atoms with van der Waals surface area (Å²) in [6, 6.07) is 0. The highest BCUT2D eigenvalue weighted by atomic mass is 16.8. The zero-order valence-corrected chi connectivity index (χ0v) is 69.1. The lowest BCUT2D eigenvalue weighted by Gasteiger charge is -2.71. The molecule has 0 amide bonds. The highest BCUT2D eigenvalue weighted by Crippen LogP contribution is 2.76. The zero-order chi connectivity index (χ0) is 89.2. The normalized spacial score (nSPS) is 52.7. The molecule has 122 heavy (non-hydrogen) atoms. The summed E-state index contributed by atoms with van der Waals surface area (Å²) in [5, 5.41) is 223. The van der Waals surface area contributed by atoms with Gasteiger partial charge in [0.2, 0.25) is 6.29 Å². The first-order valence-electron chi connectivity index (χ1n) is 41.7. The molecule has 43 nitrogen and oxygen atoms in total. The highest BCUT2D eigenvalue weighted by molar-refractivity contribution is 5.80. The van der Waals surface area contributed by atoms with Crippen LogP contribution in [0.3, 0.4) is 0 Å². The number of esters is 3. The third-order valence-corrected chi connectivity index (χ3v) is 29.1. The fourth-order valence-corrected chi connectivity index (χ4v) is 21.9. The van der Waals surface area contributed by atoms with Crippen LogP contribution in [-0.2, 0) is 109 Å². The molecule has 0 unspecified atom stereocenters. The van der Waals surface area contributed by atoms with Crippen molar-refractivity contribution in [3.05, 3.63) is 11.6 Å². The Bertz CT molecular complexity index is 3670. The van der Waals surface area contributed by atoms with E-state index in [1.807, 2.05) is 13.8 Å². The largest absolute Gasteiger partial charge is 0.479 e. The maximum Gasteiger partial charge on any atom is 0.335 e. The summed E-state index contributed by atoms with van der Waals surface area (Å²) in [7, 11) is 0. The van der Waals surface area contributed by atoms with Crippen molar-refractivity contribution in [3.8, 4) is 0 Å². The molecule has 0 spiro atoms. The number of rotatable bonds is 22. The van der Waals surface area contributed by atoms with Gasteiger partial charge < -0.3 is 192 Å². The number of ether oxygens (including phenoxy) is 18. The van der Waals surface area contributed by atoms with Crippen LogP contribution >= 0.6 is 0 Å². The quantitative estimate of drug-likeness (QED) is 0.0157. The van der Waals surface area contributed by atoms with E-state index in [1.165, 1.54) is 13.8 Å². The van der Waals surface area contributed by atoms with E-state index < -0.39 is 341 Å². The maximum atomic E-state index is 16.5. The van der Waals surface area contributed by atoms with Crippen LogP contribution in [0.15, 0.2) is 11.6 Å². The van der Waals surface area contributed by atoms with Crippen molar-refractivity contribution >= 4 is 30.2 Å². The number of carbonyl (C=O) groups is 5. The van der Waals surface area contributed by atoms with Gasteiger partial charge >= 0.3 is 23.9 Å². The van der Waals surface area contributed by atoms with Gasteiger partial charge in [-0.15, -0.1) is 0 Å². The molecular weight excluding hydrogens is 1640 g/mol. The Morgan fingerprint density at radius 1 is 0.459 bits per heavy atom. The molecule has 47 atom stereocenters. The predicted octanol–water partition coefficient (Wildman–Crippen LogP) is -7.38. The number of aliphatic hydroxyl groups excluding tert-OH is 19. The van der Waals surface area contributed by atoms with E-state index in [9.17, 15) is 121 Å². The van der Waals surface area contributed by atoms with E-state index in [0.717, 1.165) is 25.7 Å². The van der Waals surface area contributed by atoms with E-state index in [-0.39, 0.29) is 25.2 Å². The Kier molecular flexibility index (Phi) is 28.7. The van der Waals surface area contributed by atoms with Crippen molar-refractivity contribution in [2.24, 2.45) is 50.2 Å². The number of carboxylic acid groups (broad SMARTS) is 1. The Morgan fingerprint density at radius 3 is 1.55 bits per heavy atom. The van der Waals surface area contributed by atoms with Gasteiger partial charge in [-0.2, -0.15) is 0 Å². The van der Waals surface area contributed by atoms with Gasteiger partial charge in [0, 0.05) is 13.8 Å². The first-order chi connectivity index (χ1) is 57.2. The second kappa shape index (κ2) is 36.7. The van der Waals surface area contributed by atoms with Crippen LogP contribution in [0.1, 0.15) is 127 Å². The van der Waals surface area contributed by atoms with Crippen molar-refractivity contribution in [1.29, 1.82) is 0 Å². The average Bonchev–Trinajstić information content (AvgIpc) is 0.668. The first kappa shape index (κ1) is 95.5. The van der Waals surface area contributed by atoms with E-state index >= 15 is 4.79 Å². The number of allylic oxidation sites excluding steroid dienone is 2. The predicted molar refractivity (Wildman–Crippen MR) is 394 cm³/mol. The van der Waals surface area contributed by atoms with E-state index in [4.69, 9.17) is 85.3 Å². The highest BCUT2D eigenvalue weighted by Gasteiger charge is 2.74. The number of aldehydes is 1. The number of hydrogen-bond acceptors (Lipinski definition) is 42. The van der Waals surface area contributed by atoms with Gasteiger partial charge in [0.1, 0.15) is 165 Å². The molecular formula is C79H122O43. The minimum atomic E-state index is -2.29. The molecule has 5 aliphatic carbocycles. The van der Waals surface area contributed by atoms with E-state index in [0.29, 0.717) is 38.5 Å². The van der Waals surface area contributed by atoms with Crippen molar-refractivity contribution in [3.63, 3.8) is 0 Å². The van der Waals surface area contributed by atoms with Crippen molar-refractivity contribution < 1.29 is 211 Å². The molecule has 13 rings (SSSR count). The van der Waals surface area contributed by atoms with Gasteiger partial charge in [0.15, 0.2) is 62.3 Å². The summed E-state index contributed by atoms with van der Waals surface area (Å²) < 4.78 is 109. The topological polar surface area (TPSA) is 656 Å². The molecule has 43 heteroatoms. The third kappa shape index (κ3) is 17.3. The fourth-order valence-electron chi connectivity index (χ4n) is 21.9. The fraction of sp³-hybridized carbons (Fsp3) is 0.911. The van der Waals surface area contributed by atoms with Gasteiger partial charge in [0.05, 0.1) is 56.3 Å². The summed E-state index contributed by atoms with van der Waals surface area (Å²) in [5.41, 5.74) is -5.36. The Hall–Kier alpha value is -4.07. The van der Waals surface area contributed by atoms with Crippen molar-refractivity contribution in [1.82, 2.24) is 0 Å². The lowest BCUT2D eigenvalue weighted by molar-refractivity contribution is -0.398. The van der Waals surface area contributed by atoms with Crippen LogP contribution in [0.5, 0.6) is 0 Å². The molecule has 696 valence electrons. The molecule has 12 fully saturated rings. The molecule has 0 aromatic carbocycles. The Morgan fingerprint density at radius 2 is 0.959 bits per heavy atom. The summed E-state index contributed by atoms with van der Waals surface area (Å²) >= 11 is 0. The van der Waals surface area contributed by atoms with Crippen LogP contribution in [-0.4, -0.2) is 405 Å². The maximum absolute atomic E-state index is 16.5. The minimum absolute atomic E-state index is 0.000856. The molecule has 8 heterocycles. The molecule has 8 saturated heterocycles. The van der Waals surface area contributed by atoms with Gasteiger partial charge in [-0.3, -0.25) is 14.4 Å². The second-order valence-corrected chi connectivity index (χ2v) is 37.1. The standard InChI is InChI=1S/C79H122O43/c1-27-56(115-69-60(44(90)35(86)23-107-69)119-70-59(43(89)34(85)24-108-70)117-65-52(98)42(88)33(84)22-106-65)51(97)55(101)66(109-27)121-63-62(120-68-54(100)48(94)46(92)37(113-68)25-105-29(3)82)57(111-30(4)83)28(2)110-72(63)122-73(104)79-18-17-74(5,6)19-32(79)31-11-12-39-75(7)15-14-41(76(8,26-81)38(75)13-16-77(39,9)78(31,10)20-40(79)87)114-71-61(50(96)49(95)58(116-71)64(102)103)118-67-53(99)47(93)45(91)36(21-80)112-67/h11,26-28,32-63,65-72,80,84-101H,12-25H2,1-10H3,(H,102,103)/t27-,28-,32+,33-,34-,35+,36+,37-,38+,39+,40+,41-,42-,43-,44-,45-,46-,47-,48+,49-,50-,51-,52+,53+,54-,55+,56-,57+,58-,59+,60+,61+,62+,63-,65-,66-,67-,68+,69-,70-,71+,72+,75-,76-,77+,78+,79+/m0/s1. The third-order valence-electron chi connectivity index (χ3n) is 29.1. The van der Waals surface area contributed by atoms with Crippen LogP contribution in [0.2, 0.25) is 0 Å². The molecule has 0 aromatic rings. The summed E-state index contributed by atoms with van der Waals surface area (Å²) in [6.45, 7) is 13.4. The average molecular weight is 1760 g/mol. The minimum Gasteiger partial charge on any atom is -0.479 e. The second-order valence-electron chi connectivity index (χ2n) is 37.1. The molecule has 0 aromatic heterocycles. The number of fused-ring (bicyclic) bond motifs is 7. The molecule has 8 aliphatic heterocycles. The van der Waals surface area contributed by atoms with Crippen LogP contribution in [0, 0.1) is 50.2 Å². The van der Waals surface area contributed by atoms with E-state index in [1.54, 1.807) is 6.92 Å². The van der Waals surface area contributed by atoms with Gasteiger partial charge in [-0.1, -0.05) is 53.2 Å². The lowest BCUT2D eigenvalue weighted by atomic mass is 9.33. The van der Waals surface area contributed by atoms with Gasteiger partial charge in [0.25, 0.3) is 0 Å². The summed E-state index contributed by atoms with van der Waals surface area (Å²) in [5.74, 6) is -6.15. The molecule has 0 radical (unpaired) electrons. The number of carboxylic acids is 1. The monoisotopic (exact) mass is 1760 g/mol. The SMILES string of the molecule is CC(=O)OC[C@@H]1O[C@H](O[C@H]2[C@H](O[C@@H]3O[C@@H](C)[C@H](O[C@@H]4OC[C@@H](O)[C@H](O)[C@H]4O[C@@H]4OC[C@H](O)[C@H](O)[C@H]4O[C@@H]4OC[C@H](O)[C@H](O)[C@H]4O)[C@@H](O)[C@H]3O)[C@@H](OC(=O)[C@]34CCC(C)(C)C[C@@H]3C3=CC[C@@H]5[C@@]6(C)CC[C@H](O[C@@H]7O[C@H](C(=O)O)[C@@H](O)[C@H](O)[C@H]7O[C@@H]7O[C@H](CO)[C@H](O)[C@H](O)[C@H]7O)[C@@](C)(C=O)[C@@H]6CC[C@@]5(C)[C@]3(C)C[C@H]4O)O[C@@H](C)[C@H]2OC(C)=O)[C@@H](O)[C@H](O)[C@H]1O. The van der Waals surface area contributed by atoms with Crippen LogP contribution in [0.25, 0.3) is 0 Å². The van der Waals surface area contributed by atoms with Crippen molar-refractivity contribution in [2.45, 2.75) is 367 Å². The number of aliphatic hydroxyl groups is 19. The number of aliphatic carboxylic acids is 1. The molecule has 4 saturated carbocycles. The van der Waals surface area contributed by atoms with Gasteiger partial charge in [-0.25, -0.2) is 4.79 Å². The molecule has 13 aliphatic rings. The smallest absolute Gasteiger partial charge is 0.335 e. The zero-order valence-electron chi connectivity index (χ0n) is 69.1. The summed E-state index contributed by atoms with van der Waals surface area (Å²) in [6.07, 6.45) is -67.7. The summed E-state index contributed by atoms with van der Waals surface area (Å²) in [4.78, 5) is 68.7. The Labute approximate surface area is 700 Å². The first-order valence-corrected chi connectivity index (χ1v) is 41.7. The van der Waals surface area contributed by atoms with E-state index in [2.05, 4.69) is 26.8 Å². The van der Waals surface area contributed by atoms with Crippen molar-refractivity contribution in [2.75, 3.05) is 33.0 Å².